The quantitative estimate of drug-likeness (QED) is 0.343. The average molecular weight is 257 g/mol. The minimum atomic E-state index is -0.146. The SMILES string of the molecule is CCCCON1CCC[C@@H](/C=N/O)N(CC)C1=O. The Balaban J connectivity index is 2.65. The van der Waals surface area contributed by atoms with Gasteiger partial charge in [-0.3, -0.25) is 4.84 Å². The first-order chi connectivity index (χ1) is 8.74. The molecule has 0 aromatic heterocycles. The van der Waals surface area contributed by atoms with Gasteiger partial charge in [0.05, 0.1) is 25.4 Å². The maximum Gasteiger partial charge on any atom is 0.344 e. The van der Waals surface area contributed by atoms with Crippen LogP contribution in [0.5, 0.6) is 0 Å². The van der Waals surface area contributed by atoms with Crippen LogP contribution in [0.25, 0.3) is 0 Å². The highest BCUT2D eigenvalue weighted by atomic mass is 16.7. The summed E-state index contributed by atoms with van der Waals surface area (Å²) in [5.74, 6) is 0. The predicted octanol–water partition coefficient (Wildman–Crippen LogP) is 2.08. The van der Waals surface area contributed by atoms with E-state index in [0.717, 1.165) is 25.7 Å². The number of oxime groups is 1. The Kier molecular flexibility index (Phi) is 6.49. The van der Waals surface area contributed by atoms with E-state index in [1.807, 2.05) is 6.92 Å². The van der Waals surface area contributed by atoms with Gasteiger partial charge in [0.25, 0.3) is 0 Å². The van der Waals surface area contributed by atoms with Gasteiger partial charge in [0.15, 0.2) is 0 Å². The maximum absolute atomic E-state index is 12.2. The number of hydrogen-bond acceptors (Lipinski definition) is 4. The molecule has 1 atom stereocenters. The van der Waals surface area contributed by atoms with Crippen LogP contribution < -0.4 is 0 Å². The lowest BCUT2D eigenvalue weighted by atomic mass is 10.1. The summed E-state index contributed by atoms with van der Waals surface area (Å²) < 4.78 is 0. The van der Waals surface area contributed by atoms with E-state index in [1.54, 1.807) is 4.90 Å². The summed E-state index contributed by atoms with van der Waals surface area (Å²) in [7, 11) is 0. The predicted molar refractivity (Wildman–Crippen MR) is 68.6 cm³/mol. The van der Waals surface area contributed by atoms with Gasteiger partial charge >= 0.3 is 6.03 Å². The molecule has 1 aliphatic rings. The van der Waals surface area contributed by atoms with E-state index < -0.39 is 0 Å². The molecule has 1 heterocycles. The van der Waals surface area contributed by atoms with E-state index in [4.69, 9.17) is 10.0 Å². The van der Waals surface area contributed by atoms with Crippen molar-refractivity contribution in [2.45, 2.75) is 45.6 Å². The summed E-state index contributed by atoms with van der Waals surface area (Å²) >= 11 is 0. The van der Waals surface area contributed by atoms with Crippen molar-refractivity contribution in [2.24, 2.45) is 5.16 Å². The Morgan fingerprint density at radius 3 is 2.94 bits per heavy atom. The number of rotatable bonds is 6. The molecule has 6 nitrogen and oxygen atoms in total. The van der Waals surface area contributed by atoms with Gasteiger partial charge in [-0.2, -0.15) is 0 Å². The van der Waals surface area contributed by atoms with Crippen molar-refractivity contribution in [3.63, 3.8) is 0 Å². The molecule has 0 radical (unpaired) electrons. The zero-order valence-electron chi connectivity index (χ0n) is 11.2. The van der Waals surface area contributed by atoms with Crippen LogP contribution in [0, 0.1) is 0 Å². The Morgan fingerprint density at radius 1 is 1.56 bits per heavy atom. The van der Waals surface area contributed by atoms with Gasteiger partial charge in [0.1, 0.15) is 0 Å². The number of carbonyl (C=O) groups is 1. The van der Waals surface area contributed by atoms with Crippen LogP contribution in [0.3, 0.4) is 0 Å². The molecule has 0 unspecified atom stereocenters. The molecular weight excluding hydrogens is 234 g/mol. The van der Waals surface area contributed by atoms with Crippen molar-refractivity contribution in [3.8, 4) is 0 Å². The number of carbonyl (C=O) groups excluding carboxylic acids is 1. The molecule has 0 saturated carbocycles. The highest BCUT2D eigenvalue weighted by Gasteiger charge is 2.29. The molecule has 1 aliphatic heterocycles. The Bertz CT molecular complexity index is 284. The van der Waals surface area contributed by atoms with Gasteiger partial charge in [-0.05, 0) is 26.2 Å². The second-order valence-electron chi connectivity index (χ2n) is 4.33. The minimum absolute atomic E-state index is 0.143. The molecule has 0 bridgehead atoms. The molecule has 1 rings (SSSR count). The van der Waals surface area contributed by atoms with E-state index in [9.17, 15) is 4.79 Å². The lowest BCUT2D eigenvalue weighted by molar-refractivity contribution is -0.123. The number of unbranched alkanes of at least 4 members (excludes halogenated alkanes) is 1. The Hall–Kier alpha value is -1.30. The second kappa shape index (κ2) is 7.92. The van der Waals surface area contributed by atoms with Gasteiger partial charge in [-0.1, -0.05) is 18.5 Å². The van der Waals surface area contributed by atoms with Crippen molar-refractivity contribution in [1.29, 1.82) is 0 Å². The van der Waals surface area contributed by atoms with Crippen LogP contribution in [0.4, 0.5) is 4.79 Å². The fourth-order valence-electron chi connectivity index (χ4n) is 2.02. The van der Waals surface area contributed by atoms with Crippen LogP contribution in [0.1, 0.15) is 39.5 Å². The summed E-state index contributed by atoms with van der Waals surface area (Å²) in [5.41, 5.74) is 0. The van der Waals surface area contributed by atoms with Gasteiger partial charge in [-0.25, -0.2) is 9.86 Å². The molecule has 104 valence electrons. The third-order valence-corrected chi connectivity index (χ3v) is 3.04. The summed E-state index contributed by atoms with van der Waals surface area (Å²) in [6.45, 7) is 5.72. The van der Waals surface area contributed by atoms with Crippen molar-refractivity contribution in [3.05, 3.63) is 0 Å². The fourth-order valence-corrected chi connectivity index (χ4v) is 2.02. The number of hydroxylamine groups is 2. The molecule has 0 aromatic carbocycles. The second-order valence-corrected chi connectivity index (χ2v) is 4.33. The lowest BCUT2D eigenvalue weighted by Gasteiger charge is -2.29. The zero-order chi connectivity index (χ0) is 13.4. The highest BCUT2D eigenvalue weighted by molar-refractivity contribution is 5.79. The third kappa shape index (κ3) is 3.87. The largest absolute Gasteiger partial charge is 0.411 e. The standard InChI is InChI=1S/C12H23N3O3/c1-3-5-9-18-15-8-6-7-11(10-13-17)14(4-2)12(15)16/h10-11,17H,3-9H2,1-2H3/b13-10+/t11-/m0/s1. The monoisotopic (exact) mass is 257 g/mol. The van der Waals surface area contributed by atoms with E-state index in [-0.39, 0.29) is 12.1 Å². The molecule has 2 amide bonds. The number of urea groups is 1. The first-order valence-electron chi connectivity index (χ1n) is 6.63. The van der Waals surface area contributed by atoms with Crippen molar-refractivity contribution >= 4 is 12.2 Å². The van der Waals surface area contributed by atoms with Crippen molar-refractivity contribution in [1.82, 2.24) is 9.96 Å². The van der Waals surface area contributed by atoms with E-state index in [1.165, 1.54) is 11.3 Å². The zero-order valence-corrected chi connectivity index (χ0v) is 11.2. The van der Waals surface area contributed by atoms with Gasteiger partial charge in [0, 0.05) is 6.54 Å². The van der Waals surface area contributed by atoms with Crippen molar-refractivity contribution in [2.75, 3.05) is 19.7 Å². The first-order valence-corrected chi connectivity index (χ1v) is 6.63. The van der Waals surface area contributed by atoms with Gasteiger partial charge in [0.2, 0.25) is 0 Å². The fraction of sp³-hybridized carbons (Fsp3) is 0.833. The molecule has 0 aliphatic carbocycles. The van der Waals surface area contributed by atoms with Crippen LogP contribution in [0.2, 0.25) is 0 Å². The molecule has 1 fully saturated rings. The van der Waals surface area contributed by atoms with Crippen LogP contribution in [0.15, 0.2) is 5.16 Å². The molecule has 0 aromatic rings. The third-order valence-electron chi connectivity index (χ3n) is 3.04. The minimum Gasteiger partial charge on any atom is -0.411 e. The van der Waals surface area contributed by atoms with Crippen LogP contribution in [-0.2, 0) is 4.84 Å². The Morgan fingerprint density at radius 2 is 2.33 bits per heavy atom. The summed E-state index contributed by atoms with van der Waals surface area (Å²) in [5, 5.41) is 13.1. The normalized spacial score (nSPS) is 21.7. The van der Waals surface area contributed by atoms with Crippen LogP contribution >= 0.6 is 0 Å². The van der Waals surface area contributed by atoms with E-state index >= 15 is 0 Å². The van der Waals surface area contributed by atoms with E-state index in [2.05, 4.69) is 12.1 Å². The summed E-state index contributed by atoms with van der Waals surface area (Å²) in [4.78, 5) is 19.4. The molecule has 1 N–H and O–H groups in total. The smallest absolute Gasteiger partial charge is 0.344 e. The highest BCUT2D eigenvalue weighted by Crippen LogP contribution is 2.15. The molecule has 1 saturated heterocycles. The molecule has 18 heavy (non-hydrogen) atoms. The maximum atomic E-state index is 12.2. The molecular formula is C12H23N3O3. The number of hydrogen-bond donors (Lipinski definition) is 1. The summed E-state index contributed by atoms with van der Waals surface area (Å²) in [6.07, 6.45) is 5.02. The van der Waals surface area contributed by atoms with Gasteiger partial charge < -0.3 is 10.1 Å². The topological polar surface area (TPSA) is 65.4 Å². The number of nitrogens with zero attached hydrogens (tertiary/aromatic N) is 3. The Labute approximate surface area is 108 Å². The average Bonchev–Trinajstić information content (AvgIpc) is 2.51. The first kappa shape index (κ1) is 14.8. The molecule has 0 spiro atoms. The number of amides is 2. The van der Waals surface area contributed by atoms with Crippen LogP contribution in [-0.4, -0.2) is 53.2 Å². The van der Waals surface area contributed by atoms with Crippen molar-refractivity contribution < 1.29 is 14.8 Å². The van der Waals surface area contributed by atoms with Gasteiger partial charge in [-0.15, -0.1) is 0 Å². The summed E-state index contributed by atoms with van der Waals surface area (Å²) in [6, 6.07) is -0.289. The molecule has 6 heteroatoms. The van der Waals surface area contributed by atoms with E-state index in [0.29, 0.717) is 19.7 Å². The lowest BCUT2D eigenvalue weighted by Crippen LogP contribution is -2.46.